The van der Waals surface area contributed by atoms with Crippen LogP contribution in [0.4, 0.5) is 0 Å². The van der Waals surface area contributed by atoms with Crippen molar-refractivity contribution in [2.45, 2.75) is 76.8 Å². The summed E-state index contributed by atoms with van der Waals surface area (Å²) < 4.78 is 45.7. The lowest BCUT2D eigenvalue weighted by Gasteiger charge is -2.50. The molecule has 45 heavy (non-hydrogen) atoms. The highest BCUT2D eigenvalue weighted by Gasteiger charge is 2.61. The molecule has 12 nitrogen and oxygen atoms in total. The summed E-state index contributed by atoms with van der Waals surface area (Å²) >= 11 is 6.64. The third-order valence-corrected chi connectivity index (χ3v) is 7.67. The number of rotatable bonds is 11. The standard InChI is InChI=1S/C32H37ClO12/c1-18(34)40-17-28-29(41-19(2)35)30(42-20(3)36)31(43-21(4)37)32(38-5,45-28)24-8-11-27(33)23(15-24)14-22-6-9-25(10-7-22)44-26-12-13-39-16-26/h6-11,15,26,28-31H,12-14,16-17H2,1-5H3/t26-,28+,29+,30-,31+,32-/m0/s1. The van der Waals surface area contributed by atoms with Crippen LogP contribution in [-0.2, 0) is 64.5 Å². The molecule has 6 atom stereocenters. The van der Waals surface area contributed by atoms with Gasteiger partial charge >= 0.3 is 23.9 Å². The van der Waals surface area contributed by atoms with Crippen molar-refractivity contribution in [1.29, 1.82) is 0 Å². The molecular formula is C32H37ClO12. The van der Waals surface area contributed by atoms with Gasteiger partial charge in [-0.2, -0.15) is 0 Å². The van der Waals surface area contributed by atoms with E-state index in [9.17, 15) is 19.2 Å². The molecule has 13 heteroatoms. The second-order valence-corrected chi connectivity index (χ2v) is 11.1. The summed E-state index contributed by atoms with van der Waals surface area (Å²) in [6.07, 6.45) is -4.16. The normalized spacial score (nSPS) is 26.0. The smallest absolute Gasteiger partial charge is 0.303 e. The van der Waals surface area contributed by atoms with Crippen molar-refractivity contribution in [3.63, 3.8) is 0 Å². The first-order valence-electron chi connectivity index (χ1n) is 14.4. The van der Waals surface area contributed by atoms with Crippen molar-refractivity contribution in [1.82, 2.24) is 0 Å². The van der Waals surface area contributed by atoms with Crippen LogP contribution < -0.4 is 4.74 Å². The third-order valence-electron chi connectivity index (χ3n) is 7.30. The SMILES string of the molecule is CO[C@@]1(c2ccc(Cl)c(Cc3ccc(O[C@H]4CCOC4)cc3)c2)O[C@H](COC(C)=O)[C@@H](OC(C)=O)[C@H](OC(C)=O)[C@H]1OC(C)=O. The quantitative estimate of drug-likeness (QED) is 0.259. The summed E-state index contributed by atoms with van der Waals surface area (Å²) in [7, 11) is 1.32. The molecule has 2 saturated heterocycles. The highest BCUT2D eigenvalue weighted by molar-refractivity contribution is 6.31. The Hall–Kier alpha value is -3.71. The van der Waals surface area contributed by atoms with E-state index in [0.29, 0.717) is 35.8 Å². The number of benzene rings is 2. The molecule has 4 rings (SSSR count). The van der Waals surface area contributed by atoms with E-state index < -0.39 is 60.7 Å². The Morgan fingerprint density at radius 3 is 2.13 bits per heavy atom. The molecule has 2 heterocycles. The van der Waals surface area contributed by atoms with E-state index in [2.05, 4.69) is 0 Å². The molecular weight excluding hydrogens is 612 g/mol. The van der Waals surface area contributed by atoms with E-state index in [1.54, 1.807) is 18.2 Å². The number of carbonyl (C=O) groups is 4. The molecule has 0 aliphatic carbocycles. The van der Waals surface area contributed by atoms with Gasteiger partial charge in [-0.25, -0.2) is 0 Å². The van der Waals surface area contributed by atoms with Crippen molar-refractivity contribution in [2.24, 2.45) is 0 Å². The van der Waals surface area contributed by atoms with Gasteiger partial charge in [0.2, 0.25) is 11.9 Å². The summed E-state index contributed by atoms with van der Waals surface area (Å²) in [6.45, 7) is 5.51. The van der Waals surface area contributed by atoms with E-state index in [4.69, 9.17) is 49.5 Å². The average Bonchev–Trinajstić information content (AvgIpc) is 3.49. The molecule has 0 radical (unpaired) electrons. The number of hydrogen-bond donors (Lipinski definition) is 0. The fourth-order valence-corrected chi connectivity index (χ4v) is 5.60. The van der Waals surface area contributed by atoms with Crippen molar-refractivity contribution >= 4 is 35.5 Å². The van der Waals surface area contributed by atoms with Crippen LogP contribution in [0.15, 0.2) is 42.5 Å². The Morgan fingerprint density at radius 2 is 1.56 bits per heavy atom. The van der Waals surface area contributed by atoms with Gasteiger partial charge in [-0.05, 0) is 41.8 Å². The monoisotopic (exact) mass is 648 g/mol. The van der Waals surface area contributed by atoms with Gasteiger partial charge in [0.15, 0.2) is 12.2 Å². The van der Waals surface area contributed by atoms with Crippen LogP contribution in [0.1, 0.15) is 50.8 Å². The summed E-state index contributed by atoms with van der Waals surface area (Å²) in [5.41, 5.74) is 1.96. The number of hydrogen-bond acceptors (Lipinski definition) is 12. The van der Waals surface area contributed by atoms with Crippen molar-refractivity contribution in [3.05, 3.63) is 64.2 Å². The summed E-state index contributed by atoms with van der Waals surface area (Å²) in [6, 6.07) is 12.6. The fraction of sp³-hybridized carbons (Fsp3) is 0.500. The molecule has 0 unspecified atom stereocenters. The first-order valence-corrected chi connectivity index (χ1v) is 14.8. The minimum Gasteiger partial charge on any atom is -0.488 e. The highest BCUT2D eigenvalue weighted by Crippen LogP contribution is 2.44. The molecule has 2 fully saturated rings. The summed E-state index contributed by atoms with van der Waals surface area (Å²) in [4.78, 5) is 48.6. The number of ether oxygens (including phenoxy) is 8. The fourth-order valence-electron chi connectivity index (χ4n) is 5.41. The second kappa shape index (κ2) is 15.0. The Morgan fingerprint density at radius 1 is 0.889 bits per heavy atom. The summed E-state index contributed by atoms with van der Waals surface area (Å²) in [5, 5.41) is 0.444. The van der Waals surface area contributed by atoms with Gasteiger partial charge in [0.05, 0.1) is 13.2 Å². The number of methoxy groups -OCH3 is 1. The van der Waals surface area contributed by atoms with E-state index >= 15 is 0 Å². The highest BCUT2D eigenvalue weighted by atomic mass is 35.5. The van der Waals surface area contributed by atoms with E-state index in [-0.39, 0.29) is 6.10 Å². The van der Waals surface area contributed by atoms with E-state index in [1.807, 2.05) is 24.3 Å². The van der Waals surface area contributed by atoms with Gasteiger partial charge in [-0.15, -0.1) is 0 Å². The lowest BCUT2D eigenvalue weighted by Crippen LogP contribution is -2.67. The molecule has 2 aliphatic rings. The topological polar surface area (TPSA) is 142 Å². The number of halogens is 1. The molecule has 0 aromatic heterocycles. The Labute approximate surface area is 266 Å². The molecule has 0 saturated carbocycles. The molecule has 244 valence electrons. The van der Waals surface area contributed by atoms with Crippen LogP contribution in [0, 0.1) is 0 Å². The molecule has 2 aliphatic heterocycles. The molecule has 0 amide bonds. The predicted molar refractivity (Wildman–Crippen MR) is 157 cm³/mol. The summed E-state index contributed by atoms with van der Waals surface area (Å²) in [5.74, 6) is -4.06. The Kier molecular flexibility index (Phi) is 11.4. The van der Waals surface area contributed by atoms with Gasteiger partial charge in [0.25, 0.3) is 0 Å². The molecule has 0 spiro atoms. The molecule has 2 aromatic rings. The predicted octanol–water partition coefficient (Wildman–Crippen LogP) is 3.65. The lowest BCUT2D eigenvalue weighted by molar-refractivity contribution is -0.367. The van der Waals surface area contributed by atoms with Gasteiger partial charge in [0.1, 0.15) is 24.6 Å². The zero-order valence-corrected chi connectivity index (χ0v) is 26.5. The maximum Gasteiger partial charge on any atom is 0.303 e. The van der Waals surface area contributed by atoms with Crippen molar-refractivity contribution in [3.8, 4) is 5.75 Å². The van der Waals surface area contributed by atoms with E-state index in [0.717, 1.165) is 38.5 Å². The van der Waals surface area contributed by atoms with Crippen molar-refractivity contribution < 1.29 is 57.1 Å². The van der Waals surface area contributed by atoms with Crippen LogP contribution in [0.5, 0.6) is 5.75 Å². The second-order valence-electron chi connectivity index (χ2n) is 10.7. The maximum absolute atomic E-state index is 12.4. The van der Waals surface area contributed by atoms with Gasteiger partial charge in [-0.1, -0.05) is 29.8 Å². The Bertz CT molecular complexity index is 1370. The molecule has 2 aromatic carbocycles. The number of esters is 4. The first-order chi connectivity index (χ1) is 21.4. The van der Waals surface area contributed by atoms with Gasteiger partial charge < -0.3 is 37.9 Å². The van der Waals surface area contributed by atoms with Gasteiger partial charge in [-0.3, -0.25) is 19.2 Å². The van der Waals surface area contributed by atoms with Crippen LogP contribution in [0.3, 0.4) is 0 Å². The molecule has 0 bridgehead atoms. The van der Waals surface area contributed by atoms with Crippen molar-refractivity contribution in [2.75, 3.05) is 26.9 Å². The van der Waals surface area contributed by atoms with Gasteiger partial charge in [0, 0.05) is 51.8 Å². The van der Waals surface area contributed by atoms with Crippen LogP contribution in [0.25, 0.3) is 0 Å². The van der Waals surface area contributed by atoms with Crippen LogP contribution >= 0.6 is 11.6 Å². The average molecular weight is 649 g/mol. The number of carbonyl (C=O) groups excluding carboxylic acids is 4. The largest absolute Gasteiger partial charge is 0.488 e. The zero-order chi connectivity index (χ0) is 32.7. The minimum absolute atomic E-state index is 0.0220. The molecule has 0 N–H and O–H groups in total. The van der Waals surface area contributed by atoms with Crippen LogP contribution in [-0.4, -0.2) is 81.3 Å². The first kappa shape index (κ1) is 34.2. The lowest BCUT2D eigenvalue weighted by atomic mass is 9.86. The van der Waals surface area contributed by atoms with E-state index in [1.165, 1.54) is 14.0 Å². The third kappa shape index (κ3) is 8.51. The maximum atomic E-state index is 12.4. The van der Waals surface area contributed by atoms with Crippen LogP contribution in [0.2, 0.25) is 5.02 Å². The zero-order valence-electron chi connectivity index (χ0n) is 25.7. The Balaban J connectivity index is 1.74. The minimum atomic E-state index is -1.92.